The van der Waals surface area contributed by atoms with Crippen LogP contribution in [0, 0.1) is 0 Å². The number of hydrogen-bond donors (Lipinski definition) is 1. The van der Waals surface area contributed by atoms with Crippen LogP contribution in [0.3, 0.4) is 0 Å². The van der Waals surface area contributed by atoms with E-state index in [1.165, 1.54) is 0 Å². The third kappa shape index (κ3) is 2.71. The third-order valence-corrected chi connectivity index (χ3v) is 2.27. The van der Waals surface area contributed by atoms with Gasteiger partial charge in [0.2, 0.25) is 0 Å². The van der Waals surface area contributed by atoms with E-state index < -0.39 is 0 Å². The third-order valence-electron chi connectivity index (χ3n) is 2.27. The van der Waals surface area contributed by atoms with Crippen molar-refractivity contribution in [1.29, 1.82) is 0 Å². The first-order valence-corrected chi connectivity index (χ1v) is 5.75. The van der Waals surface area contributed by atoms with Crippen molar-refractivity contribution in [3.05, 3.63) is 24.5 Å². The minimum atomic E-state index is 0.261. The molecule has 6 nitrogen and oxygen atoms in total. The highest BCUT2D eigenvalue weighted by Crippen LogP contribution is 2.33. The highest BCUT2D eigenvalue weighted by atomic mass is 16.5. The molecule has 0 aliphatic carbocycles. The van der Waals surface area contributed by atoms with Gasteiger partial charge in [-0.05, 0) is 18.6 Å². The fraction of sp³-hybridized carbons (Fsp3) is 0.333. The number of aryl methyl sites for hydroxylation is 1. The first-order valence-electron chi connectivity index (χ1n) is 5.75. The number of hydrogen-bond acceptors (Lipinski definition) is 5. The van der Waals surface area contributed by atoms with E-state index in [0.29, 0.717) is 23.8 Å². The van der Waals surface area contributed by atoms with E-state index in [1.54, 1.807) is 24.1 Å². The molecule has 0 aliphatic heterocycles. The molecular formula is C12H16N4O2. The van der Waals surface area contributed by atoms with Gasteiger partial charge < -0.3 is 15.2 Å². The maximum atomic E-state index is 5.97. The van der Waals surface area contributed by atoms with Crippen molar-refractivity contribution in [3.63, 3.8) is 0 Å². The highest BCUT2D eigenvalue weighted by molar-refractivity contribution is 5.63. The number of nitrogen functional groups attached to an aromatic ring is 1. The Kier molecular flexibility index (Phi) is 3.66. The Labute approximate surface area is 105 Å². The molecule has 1 aromatic carbocycles. The molecule has 0 fully saturated rings. The van der Waals surface area contributed by atoms with Crippen molar-refractivity contribution in [2.75, 3.05) is 12.3 Å². The predicted molar refractivity (Wildman–Crippen MR) is 67.7 cm³/mol. The molecule has 2 aromatic rings. The van der Waals surface area contributed by atoms with Crippen LogP contribution in [0.15, 0.2) is 24.5 Å². The van der Waals surface area contributed by atoms with Crippen molar-refractivity contribution in [1.82, 2.24) is 14.8 Å². The number of nitrogens with two attached hydrogens (primary N) is 1. The first-order chi connectivity index (χ1) is 8.70. The minimum Gasteiger partial charge on any atom is -0.491 e. The Morgan fingerprint density at radius 1 is 1.33 bits per heavy atom. The quantitative estimate of drug-likeness (QED) is 0.819. The van der Waals surface area contributed by atoms with E-state index in [0.717, 1.165) is 6.42 Å². The van der Waals surface area contributed by atoms with Gasteiger partial charge in [-0.1, -0.05) is 13.0 Å². The van der Waals surface area contributed by atoms with Gasteiger partial charge in [0.15, 0.2) is 5.75 Å². The van der Waals surface area contributed by atoms with Gasteiger partial charge in [0.1, 0.15) is 17.8 Å². The molecule has 6 heteroatoms. The van der Waals surface area contributed by atoms with Crippen LogP contribution in [-0.4, -0.2) is 21.4 Å². The topological polar surface area (TPSA) is 75.2 Å². The zero-order valence-corrected chi connectivity index (χ0v) is 10.5. The van der Waals surface area contributed by atoms with Crippen molar-refractivity contribution in [2.24, 2.45) is 7.05 Å². The summed E-state index contributed by atoms with van der Waals surface area (Å²) >= 11 is 0. The fourth-order valence-corrected chi connectivity index (χ4v) is 1.42. The number of anilines is 1. The summed E-state index contributed by atoms with van der Waals surface area (Å²) in [6, 6.07) is 5.64. The summed E-state index contributed by atoms with van der Waals surface area (Å²) in [4.78, 5) is 3.98. The van der Waals surface area contributed by atoms with Crippen LogP contribution in [0.1, 0.15) is 13.3 Å². The normalized spacial score (nSPS) is 10.3. The summed E-state index contributed by atoms with van der Waals surface area (Å²) in [7, 11) is 1.77. The van der Waals surface area contributed by atoms with Crippen molar-refractivity contribution >= 4 is 5.69 Å². The maximum Gasteiger partial charge on any atom is 0.341 e. The summed E-state index contributed by atoms with van der Waals surface area (Å²) in [5.41, 5.74) is 6.42. The van der Waals surface area contributed by atoms with E-state index in [4.69, 9.17) is 15.2 Å². The molecule has 0 spiro atoms. The molecule has 0 radical (unpaired) electrons. The van der Waals surface area contributed by atoms with Crippen LogP contribution in [0.5, 0.6) is 17.5 Å². The van der Waals surface area contributed by atoms with Crippen LogP contribution < -0.4 is 15.2 Å². The molecule has 2 rings (SSSR count). The number of para-hydroxylation sites is 1. The van der Waals surface area contributed by atoms with Gasteiger partial charge in [-0.25, -0.2) is 0 Å². The molecule has 0 aliphatic rings. The van der Waals surface area contributed by atoms with E-state index in [-0.39, 0.29) is 6.01 Å². The molecule has 1 aromatic heterocycles. The number of benzene rings is 1. The van der Waals surface area contributed by atoms with Gasteiger partial charge >= 0.3 is 6.01 Å². The smallest absolute Gasteiger partial charge is 0.341 e. The van der Waals surface area contributed by atoms with Gasteiger partial charge in [0, 0.05) is 7.05 Å². The van der Waals surface area contributed by atoms with Crippen LogP contribution >= 0.6 is 0 Å². The molecule has 0 saturated carbocycles. The second kappa shape index (κ2) is 5.39. The Bertz CT molecular complexity index is 525. The number of ether oxygens (including phenoxy) is 2. The summed E-state index contributed by atoms with van der Waals surface area (Å²) in [6.07, 6.45) is 2.48. The van der Waals surface area contributed by atoms with Crippen molar-refractivity contribution in [2.45, 2.75) is 13.3 Å². The average Bonchev–Trinajstić information content (AvgIpc) is 2.76. The molecule has 0 saturated heterocycles. The molecule has 1 heterocycles. The van der Waals surface area contributed by atoms with Crippen LogP contribution in [0.4, 0.5) is 5.69 Å². The number of nitrogens with zero attached hydrogens (tertiary/aromatic N) is 3. The van der Waals surface area contributed by atoms with Crippen molar-refractivity contribution < 1.29 is 9.47 Å². The molecule has 0 atom stereocenters. The molecular weight excluding hydrogens is 232 g/mol. The zero-order chi connectivity index (χ0) is 13.0. The summed E-state index contributed by atoms with van der Waals surface area (Å²) in [6.45, 7) is 2.66. The standard InChI is InChI=1S/C12H16N4O2/c1-3-7-17-9-5-4-6-10(11(9)13)18-12-14-8-16(2)15-12/h4-6,8H,3,7,13H2,1-2H3. The SMILES string of the molecule is CCCOc1cccc(Oc2ncn(C)n2)c1N. The lowest BCUT2D eigenvalue weighted by Crippen LogP contribution is -2.01. The molecule has 0 bridgehead atoms. The van der Waals surface area contributed by atoms with Gasteiger partial charge in [0.05, 0.1) is 6.61 Å². The predicted octanol–water partition coefficient (Wildman–Crippen LogP) is 1.98. The summed E-state index contributed by atoms with van der Waals surface area (Å²) < 4.78 is 12.6. The molecule has 18 heavy (non-hydrogen) atoms. The maximum absolute atomic E-state index is 5.97. The van der Waals surface area contributed by atoms with E-state index >= 15 is 0 Å². The van der Waals surface area contributed by atoms with Crippen LogP contribution in [0.2, 0.25) is 0 Å². The van der Waals surface area contributed by atoms with Crippen LogP contribution in [-0.2, 0) is 7.05 Å². The number of aromatic nitrogens is 3. The average molecular weight is 248 g/mol. The van der Waals surface area contributed by atoms with Gasteiger partial charge in [-0.3, -0.25) is 4.68 Å². The molecule has 0 unspecified atom stereocenters. The Balaban J connectivity index is 2.17. The summed E-state index contributed by atoms with van der Waals surface area (Å²) in [5, 5.41) is 4.03. The fourth-order valence-electron chi connectivity index (χ4n) is 1.42. The Morgan fingerprint density at radius 2 is 2.11 bits per heavy atom. The molecule has 96 valence electrons. The second-order valence-electron chi connectivity index (χ2n) is 3.82. The Hall–Kier alpha value is -2.24. The van der Waals surface area contributed by atoms with E-state index in [9.17, 15) is 0 Å². The van der Waals surface area contributed by atoms with Crippen LogP contribution in [0.25, 0.3) is 0 Å². The van der Waals surface area contributed by atoms with E-state index in [2.05, 4.69) is 10.1 Å². The molecule has 2 N–H and O–H groups in total. The Morgan fingerprint density at radius 3 is 2.78 bits per heavy atom. The van der Waals surface area contributed by atoms with Gasteiger partial charge in [-0.15, -0.1) is 5.10 Å². The minimum absolute atomic E-state index is 0.261. The largest absolute Gasteiger partial charge is 0.491 e. The van der Waals surface area contributed by atoms with E-state index in [1.807, 2.05) is 19.1 Å². The highest BCUT2D eigenvalue weighted by Gasteiger charge is 2.10. The lowest BCUT2D eigenvalue weighted by molar-refractivity contribution is 0.317. The van der Waals surface area contributed by atoms with Crippen molar-refractivity contribution in [3.8, 4) is 17.5 Å². The molecule has 0 amide bonds. The van der Waals surface area contributed by atoms with Gasteiger partial charge in [-0.2, -0.15) is 4.98 Å². The summed E-state index contributed by atoms with van der Waals surface area (Å²) in [5.74, 6) is 1.11. The number of rotatable bonds is 5. The first kappa shape index (κ1) is 12.2. The lowest BCUT2D eigenvalue weighted by Gasteiger charge is -2.10. The monoisotopic (exact) mass is 248 g/mol. The second-order valence-corrected chi connectivity index (χ2v) is 3.82. The zero-order valence-electron chi connectivity index (χ0n) is 10.5. The lowest BCUT2D eigenvalue weighted by atomic mass is 10.3. The van der Waals surface area contributed by atoms with Gasteiger partial charge in [0.25, 0.3) is 0 Å².